The summed E-state index contributed by atoms with van der Waals surface area (Å²) >= 11 is 6.02. The number of benzene rings is 3. The fourth-order valence-electron chi connectivity index (χ4n) is 3.56. The summed E-state index contributed by atoms with van der Waals surface area (Å²) in [6.45, 7) is 1.14. The van der Waals surface area contributed by atoms with Crippen LogP contribution in [0.25, 0.3) is 22.3 Å². The minimum atomic E-state index is -4.67. The highest BCUT2D eigenvalue weighted by molar-refractivity contribution is 6.31. The summed E-state index contributed by atoms with van der Waals surface area (Å²) in [7, 11) is 0. The van der Waals surface area contributed by atoms with Crippen molar-refractivity contribution in [3.05, 3.63) is 97.3 Å². The van der Waals surface area contributed by atoms with Crippen LogP contribution in [0.2, 0.25) is 5.02 Å². The van der Waals surface area contributed by atoms with Crippen molar-refractivity contribution in [1.82, 2.24) is 9.66 Å². The molecule has 0 radical (unpaired) electrons. The van der Waals surface area contributed by atoms with Gasteiger partial charge in [-0.15, -0.1) is 0 Å². The number of aliphatic carboxylic acids is 1. The van der Waals surface area contributed by atoms with Crippen LogP contribution < -0.4 is 10.3 Å². The van der Waals surface area contributed by atoms with Crippen LogP contribution in [0.4, 0.5) is 18.9 Å². The lowest BCUT2D eigenvalue weighted by Crippen LogP contribution is -2.24. The first-order chi connectivity index (χ1) is 18.4. The molecule has 1 aromatic heterocycles. The van der Waals surface area contributed by atoms with Crippen LogP contribution >= 0.6 is 11.6 Å². The largest absolute Gasteiger partial charge is 0.479 e. The zero-order valence-corrected chi connectivity index (χ0v) is 20.5. The van der Waals surface area contributed by atoms with Gasteiger partial charge in [-0.05, 0) is 37.3 Å². The number of para-hydroxylation sites is 1. The van der Waals surface area contributed by atoms with Gasteiger partial charge in [0, 0.05) is 22.2 Å². The zero-order chi connectivity index (χ0) is 28.5. The number of carboxylic acids is 1. The van der Waals surface area contributed by atoms with E-state index < -0.39 is 45.7 Å². The highest BCUT2D eigenvalue weighted by atomic mass is 35.5. The van der Waals surface area contributed by atoms with Crippen LogP contribution in [-0.4, -0.2) is 38.0 Å². The molecule has 0 unspecified atom stereocenters. The molecule has 0 amide bonds. The van der Waals surface area contributed by atoms with Crippen LogP contribution in [0.1, 0.15) is 18.1 Å². The van der Waals surface area contributed by atoms with Gasteiger partial charge in [0.1, 0.15) is 0 Å². The van der Waals surface area contributed by atoms with Gasteiger partial charge in [0.05, 0.1) is 27.6 Å². The molecule has 1 N–H and O–H groups in total. The maximum absolute atomic E-state index is 13.4. The summed E-state index contributed by atoms with van der Waals surface area (Å²) < 4.78 is 46.2. The molecule has 0 aliphatic rings. The Morgan fingerprint density at radius 2 is 1.92 bits per heavy atom. The van der Waals surface area contributed by atoms with E-state index in [1.165, 1.54) is 24.3 Å². The SMILES string of the molecule is C[C@@H](Oc1c(C=Nn2c(-c3cccc(C(F)(F)F)c3)nc3ccccc3c2=O)cc(Cl)cc1[N+](=O)[O-])C(=O)O. The molecule has 0 aliphatic carbocycles. The molecule has 0 aliphatic heterocycles. The number of ether oxygens (including phenoxy) is 1. The average molecular weight is 561 g/mol. The predicted molar refractivity (Wildman–Crippen MR) is 135 cm³/mol. The number of halogens is 4. The van der Waals surface area contributed by atoms with Crippen molar-refractivity contribution in [3.8, 4) is 17.1 Å². The monoisotopic (exact) mass is 560 g/mol. The van der Waals surface area contributed by atoms with Crippen molar-refractivity contribution in [2.75, 3.05) is 0 Å². The second-order valence-corrected chi connectivity index (χ2v) is 8.53. The normalized spacial score (nSPS) is 12.5. The third-order valence-corrected chi connectivity index (χ3v) is 5.63. The van der Waals surface area contributed by atoms with Gasteiger partial charge in [-0.2, -0.15) is 22.9 Å². The van der Waals surface area contributed by atoms with Crippen molar-refractivity contribution in [2.45, 2.75) is 19.2 Å². The molecule has 10 nitrogen and oxygen atoms in total. The van der Waals surface area contributed by atoms with Gasteiger partial charge in [0.25, 0.3) is 5.56 Å². The molecular weight excluding hydrogens is 545 g/mol. The number of rotatable bonds is 7. The summed E-state index contributed by atoms with van der Waals surface area (Å²) in [6, 6.07) is 12.3. The molecule has 0 spiro atoms. The average Bonchev–Trinajstić information content (AvgIpc) is 2.88. The van der Waals surface area contributed by atoms with Crippen molar-refractivity contribution < 1.29 is 32.7 Å². The van der Waals surface area contributed by atoms with Gasteiger partial charge >= 0.3 is 17.8 Å². The lowest BCUT2D eigenvalue weighted by atomic mass is 10.1. The molecule has 200 valence electrons. The Kier molecular flexibility index (Phi) is 7.36. The van der Waals surface area contributed by atoms with Crippen molar-refractivity contribution >= 4 is 40.4 Å². The topological polar surface area (TPSA) is 137 Å². The number of fused-ring (bicyclic) bond motifs is 1. The molecule has 4 rings (SSSR count). The second kappa shape index (κ2) is 10.5. The number of nitro groups is 1. The third kappa shape index (κ3) is 5.72. The molecule has 1 atom stereocenters. The maximum atomic E-state index is 13.4. The Morgan fingerprint density at radius 1 is 1.21 bits per heavy atom. The lowest BCUT2D eigenvalue weighted by Gasteiger charge is -2.14. The van der Waals surface area contributed by atoms with Crippen LogP contribution in [0.15, 0.2) is 70.6 Å². The van der Waals surface area contributed by atoms with Gasteiger partial charge < -0.3 is 9.84 Å². The summed E-state index contributed by atoms with van der Waals surface area (Å²) in [5.74, 6) is -2.16. The molecule has 4 aromatic rings. The first kappa shape index (κ1) is 27.3. The van der Waals surface area contributed by atoms with Gasteiger partial charge in [-0.1, -0.05) is 35.9 Å². The molecule has 0 saturated heterocycles. The first-order valence-electron chi connectivity index (χ1n) is 11.0. The Labute approximate surface area is 221 Å². The molecule has 0 fully saturated rings. The van der Waals surface area contributed by atoms with Crippen LogP contribution in [0.3, 0.4) is 0 Å². The molecule has 0 bridgehead atoms. The lowest BCUT2D eigenvalue weighted by molar-refractivity contribution is -0.386. The Bertz CT molecular complexity index is 1700. The zero-order valence-electron chi connectivity index (χ0n) is 19.7. The number of carbonyl (C=O) groups is 1. The number of nitro benzene ring substituents is 1. The summed E-state index contributed by atoms with van der Waals surface area (Å²) in [6.07, 6.45) is -5.24. The fraction of sp³-hybridized carbons (Fsp3) is 0.120. The van der Waals surface area contributed by atoms with E-state index in [2.05, 4.69) is 10.1 Å². The Morgan fingerprint density at radius 3 is 2.59 bits per heavy atom. The number of hydrogen-bond acceptors (Lipinski definition) is 7. The molecule has 14 heteroatoms. The predicted octanol–water partition coefficient (Wildman–Crippen LogP) is 5.38. The van der Waals surface area contributed by atoms with Gasteiger partial charge in [-0.3, -0.25) is 14.9 Å². The van der Waals surface area contributed by atoms with E-state index in [0.717, 1.165) is 42.1 Å². The summed E-state index contributed by atoms with van der Waals surface area (Å²) in [5.41, 5.74) is -2.46. The van der Waals surface area contributed by atoms with E-state index in [9.17, 15) is 38.0 Å². The van der Waals surface area contributed by atoms with E-state index in [1.54, 1.807) is 12.1 Å². The first-order valence-corrected chi connectivity index (χ1v) is 11.4. The minimum Gasteiger partial charge on any atom is -0.479 e. The molecule has 0 saturated carbocycles. The highest BCUT2D eigenvalue weighted by Gasteiger charge is 2.31. The number of alkyl halides is 3. The van der Waals surface area contributed by atoms with Crippen LogP contribution in [0.5, 0.6) is 5.75 Å². The van der Waals surface area contributed by atoms with E-state index in [0.29, 0.717) is 0 Å². The quantitative estimate of drug-likeness (QED) is 0.182. The van der Waals surface area contributed by atoms with Crippen LogP contribution in [0, 0.1) is 10.1 Å². The molecular formula is C25H16ClF3N4O6. The van der Waals surface area contributed by atoms with E-state index in [1.807, 2.05) is 0 Å². The summed E-state index contributed by atoms with van der Waals surface area (Å²) in [4.78, 5) is 39.8. The fourth-order valence-corrected chi connectivity index (χ4v) is 3.78. The third-order valence-electron chi connectivity index (χ3n) is 5.42. The van der Waals surface area contributed by atoms with Gasteiger partial charge in [-0.25, -0.2) is 9.78 Å². The van der Waals surface area contributed by atoms with Gasteiger partial charge in [0.15, 0.2) is 11.9 Å². The maximum Gasteiger partial charge on any atom is 0.416 e. The Hall–Kier alpha value is -4.78. The van der Waals surface area contributed by atoms with E-state index in [-0.39, 0.29) is 32.9 Å². The van der Waals surface area contributed by atoms with Crippen molar-refractivity contribution in [2.24, 2.45) is 5.10 Å². The van der Waals surface area contributed by atoms with Crippen LogP contribution in [-0.2, 0) is 11.0 Å². The molecule has 1 heterocycles. The minimum absolute atomic E-state index is 0.0853. The van der Waals surface area contributed by atoms with Crippen molar-refractivity contribution in [3.63, 3.8) is 0 Å². The Balaban J connectivity index is 1.96. The number of nitrogens with zero attached hydrogens (tertiary/aromatic N) is 4. The van der Waals surface area contributed by atoms with E-state index in [4.69, 9.17) is 16.3 Å². The van der Waals surface area contributed by atoms with Gasteiger partial charge in [0.2, 0.25) is 5.75 Å². The van der Waals surface area contributed by atoms with E-state index >= 15 is 0 Å². The second-order valence-electron chi connectivity index (χ2n) is 8.09. The molecule has 3 aromatic carbocycles. The van der Waals surface area contributed by atoms with Crippen molar-refractivity contribution in [1.29, 1.82) is 0 Å². The summed E-state index contributed by atoms with van der Waals surface area (Å²) in [5, 5.41) is 24.9. The highest BCUT2D eigenvalue weighted by Crippen LogP contribution is 2.35. The standard InChI is InChI=1S/C25H16ClF3N4O6/c1-13(24(35)36)39-21-15(10-17(26)11-20(21)33(37)38)12-30-32-22(14-5-4-6-16(9-14)25(27,28)29)31-19-8-3-2-7-18(19)23(32)34/h2-13H,1H3,(H,35,36)/t13-/m1/s1. The molecule has 39 heavy (non-hydrogen) atoms. The number of carboxylic acid groups (broad SMARTS) is 1. The smallest absolute Gasteiger partial charge is 0.416 e. The number of hydrogen-bond donors (Lipinski definition) is 1. The number of aromatic nitrogens is 2.